The molecule has 1 unspecified atom stereocenters. The average Bonchev–Trinajstić information content (AvgIpc) is 3.02. The number of halogens is 1. The number of piperazine rings is 1. The van der Waals surface area contributed by atoms with Crippen LogP contribution in [0.5, 0.6) is 0 Å². The molecule has 0 aromatic heterocycles. The molecule has 3 rings (SSSR count). The summed E-state index contributed by atoms with van der Waals surface area (Å²) in [5.41, 5.74) is 2.62. The van der Waals surface area contributed by atoms with Crippen LogP contribution in [-0.2, 0) is 9.53 Å². The second-order valence-corrected chi connectivity index (χ2v) is 8.55. The van der Waals surface area contributed by atoms with Crippen LogP contribution in [0.25, 0.3) is 0 Å². The van der Waals surface area contributed by atoms with Gasteiger partial charge in [-0.25, -0.2) is 0 Å². The molecule has 4 nitrogen and oxygen atoms in total. The number of carbonyl (C=O) groups is 1. The molecule has 0 bridgehead atoms. The lowest BCUT2D eigenvalue weighted by Crippen LogP contribution is -2.47. The van der Waals surface area contributed by atoms with Crippen LogP contribution >= 0.6 is 12.4 Å². The van der Waals surface area contributed by atoms with E-state index in [2.05, 4.69) is 61.8 Å². The highest BCUT2D eigenvalue weighted by Crippen LogP contribution is 2.41. The molecular weight excluding hydrogens is 372 g/mol. The number of hydrogen-bond acceptors (Lipinski definition) is 4. The number of nitrogens with zero attached hydrogens (tertiary/aromatic N) is 2. The van der Waals surface area contributed by atoms with E-state index in [0.717, 1.165) is 58.4 Å². The molecule has 0 aliphatic carbocycles. The van der Waals surface area contributed by atoms with Gasteiger partial charge in [-0.15, -0.1) is 12.4 Å². The van der Waals surface area contributed by atoms with Crippen LogP contribution in [0.2, 0.25) is 0 Å². The van der Waals surface area contributed by atoms with Crippen molar-refractivity contribution in [1.29, 1.82) is 0 Å². The lowest BCUT2D eigenvalue weighted by molar-refractivity contribution is -0.149. The largest absolute Gasteiger partial charge is 0.462 e. The first-order chi connectivity index (χ1) is 13.0. The lowest BCUT2D eigenvalue weighted by Gasteiger charge is -2.37. The summed E-state index contributed by atoms with van der Waals surface area (Å²) in [6.07, 6.45) is 3.77. The fourth-order valence-electron chi connectivity index (χ4n) is 4.63. The van der Waals surface area contributed by atoms with Gasteiger partial charge in [-0.2, -0.15) is 0 Å². The number of carbonyl (C=O) groups excluding carboxylic acids is 1. The van der Waals surface area contributed by atoms with Gasteiger partial charge in [-0.05, 0) is 36.8 Å². The summed E-state index contributed by atoms with van der Waals surface area (Å²) in [7, 11) is 0. The topological polar surface area (TPSA) is 32.8 Å². The molecule has 2 fully saturated rings. The predicted molar refractivity (Wildman–Crippen MR) is 119 cm³/mol. The minimum absolute atomic E-state index is 0. The zero-order valence-corrected chi connectivity index (χ0v) is 18.8. The van der Waals surface area contributed by atoms with E-state index in [1.165, 1.54) is 11.3 Å². The average molecular weight is 409 g/mol. The highest BCUT2D eigenvalue weighted by Gasteiger charge is 2.46. The first-order valence-electron chi connectivity index (χ1n) is 10.8. The molecule has 0 spiro atoms. The first-order valence-corrected chi connectivity index (χ1v) is 10.8. The Hall–Kier alpha value is -1.26. The highest BCUT2D eigenvalue weighted by molar-refractivity contribution is 5.85. The number of esters is 1. The number of hydrogen-bond donors (Lipinski definition) is 0. The van der Waals surface area contributed by atoms with Crippen molar-refractivity contribution in [3.63, 3.8) is 0 Å². The maximum absolute atomic E-state index is 12.3. The van der Waals surface area contributed by atoms with Crippen LogP contribution in [0.4, 0.5) is 5.69 Å². The Morgan fingerprint density at radius 3 is 2.32 bits per heavy atom. The zero-order valence-electron chi connectivity index (χ0n) is 17.9. The van der Waals surface area contributed by atoms with Crippen LogP contribution in [0, 0.1) is 5.41 Å². The quantitative estimate of drug-likeness (QED) is 0.603. The summed E-state index contributed by atoms with van der Waals surface area (Å²) in [5, 5.41) is 0. The Morgan fingerprint density at radius 2 is 1.75 bits per heavy atom. The third kappa shape index (κ3) is 4.83. The molecule has 1 aromatic carbocycles. The smallest absolute Gasteiger partial charge is 0.312 e. The van der Waals surface area contributed by atoms with Gasteiger partial charge in [-0.3, -0.25) is 9.69 Å². The zero-order chi connectivity index (χ0) is 19.4. The van der Waals surface area contributed by atoms with Gasteiger partial charge in [0, 0.05) is 44.8 Å². The van der Waals surface area contributed by atoms with Crippen LogP contribution in [0.1, 0.15) is 64.9 Å². The molecule has 1 atom stereocenters. The Morgan fingerprint density at radius 1 is 1.11 bits per heavy atom. The summed E-state index contributed by atoms with van der Waals surface area (Å²) in [4.78, 5) is 17.3. The molecular formula is C23H37ClN2O2. The maximum Gasteiger partial charge on any atom is 0.312 e. The third-order valence-corrected chi connectivity index (χ3v) is 6.72. The second kappa shape index (κ2) is 9.98. The fraction of sp³-hybridized carbons (Fsp3) is 0.696. The van der Waals surface area contributed by atoms with Crippen molar-refractivity contribution in [3.05, 3.63) is 29.8 Å². The number of benzene rings is 1. The molecule has 0 radical (unpaired) electrons. The number of anilines is 1. The second-order valence-electron chi connectivity index (χ2n) is 8.55. The summed E-state index contributed by atoms with van der Waals surface area (Å²) in [6, 6.07) is 8.81. The van der Waals surface area contributed by atoms with Crippen LogP contribution < -0.4 is 4.90 Å². The van der Waals surface area contributed by atoms with E-state index in [1.807, 2.05) is 0 Å². The molecule has 1 aromatic rings. The molecule has 2 saturated heterocycles. The molecule has 5 heteroatoms. The van der Waals surface area contributed by atoms with Crippen molar-refractivity contribution in [2.45, 2.75) is 65.4 Å². The minimum Gasteiger partial charge on any atom is -0.462 e. The summed E-state index contributed by atoms with van der Waals surface area (Å²) in [6.45, 7) is 14.1. The van der Waals surface area contributed by atoms with Crippen molar-refractivity contribution >= 4 is 24.1 Å². The normalized spacial score (nSPS) is 22.2. The standard InChI is InChI=1S/C23H36N2O2.ClH/c1-5-23(6-2)17-19(27-22(23)26)11-12-24-13-15-25(16-14-24)21-10-8-7-9-20(21)18(3)4;/h7-10,18-19H,5-6,11-17H2,1-4H3;1H. The number of ether oxygens (including phenoxy) is 1. The Balaban J connectivity index is 0.00000280. The monoisotopic (exact) mass is 408 g/mol. The Bertz CT molecular complexity index is 637. The first kappa shape index (κ1) is 23.0. The van der Waals surface area contributed by atoms with E-state index in [9.17, 15) is 4.79 Å². The van der Waals surface area contributed by atoms with Gasteiger partial charge in [0.1, 0.15) is 6.10 Å². The van der Waals surface area contributed by atoms with E-state index in [1.54, 1.807) is 0 Å². The van der Waals surface area contributed by atoms with E-state index in [4.69, 9.17) is 4.74 Å². The number of para-hydroxylation sites is 1. The van der Waals surface area contributed by atoms with Crippen molar-refractivity contribution in [3.8, 4) is 0 Å². The van der Waals surface area contributed by atoms with Gasteiger partial charge in [0.25, 0.3) is 0 Å². The van der Waals surface area contributed by atoms with Gasteiger partial charge in [0.05, 0.1) is 5.41 Å². The highest BCUT2D eigenvalue weighted by atomic mass is 35.5. The van der Waals surface area contributed by atoms with Crippen LogP contribution in [0.3, 0.4) is 0 Å². The summed E-state index contributed by atoms with van der Waals surface area (Å²) >= 11 is 0. The fourth-order valence-corrected chi connectivity index (χ4v) is 4.63. The van der Waals surface area contributed by atoms with Crippen molar-refractivity contribution < 1.29 is 9.53 Å². The minimum atomic E-state index is -0.218. The molecule has 0 N–H and O–H groups in total. The van der Waals surface area contributed by atoms with E-state index in [0.29, 0.717) is 5.92 Å². The van der Waals surface area contributed by atoms with Crippen molar-refractivity contribution in [2.24, 2.45) is 5.41 Å². The van der Waals surface area contributed by atoms with E-state index >= 15 is 0 Å². The van der Waals surface area contributed by atoms with Crippen molar-refractivity contribution in [2.75, 3.05) is 37.6 Å². The summed E-state index contributed by atoms with van der Waals surface area (Å²) in [5.74, 6) is 0.585. The van der Waals surface area contributed by atoms with Gasteiger partial charge in [0.2, 0.25) is 0 Å². The lowest BCUT2D eigenvalue weighted by atomic mass is 9.79. The van der Waals surface area contributed by atoms with Crippen LogP contribution in [-0.4, -0.2) is 49.7 Å². The van der Waals surface area contributed by atoms with Crippen molar-refractivity contribution in [1.82, 2.24) is 4.90 Å². The van der Waals surface area contributed by atoms with E-state index < -0.39 is 0 Å². The Labute approximate surface area is 177 Å². The van der Waals surface area contributed by atoms with Crippen LogP contribution in [0.15, 0.2) is 24.3 Å². The SMILES string of the molecule is CCC1(CC)CC(CCN2CCN(c3ccccc3C(C)C)CC2)OC1=O.Cl. The Kier molecular flexibility index (Phi) is 8.20. The molecule has 2 aliphatic rings. The molecule has 0 amide bonds. The number of rotatable bonds is 7. The van der Waals surface area contributed by atoms with Gasteiger partial charge >= 0.3 is 5.97 Å². The predicted octanol–water partition coefficient (Wildman–Crippen LogP) is 4.87. The van der Waals surface area contributed by atoms with Gasteiger partial charge < -0.3 is 9.64 Å². The van der Waals surface area contributed by atoms with E-state index in [-0.39, 0.29) is 29.9 Å². The molecule has 2 heterocycles. The van der Waals surface area contributed by atoms with Gasteiger partial charge in [0.15, 0.2) is 0 Å². The molecule has 158 valence electrons. The molecule has 28 heavy (non-hydrogen) atoms. The third-order valence-electron chi connectivity index (χ3n) is 6.72. The summed E-state index contributed by atoms with van der Waals surface area (Å²) < 4.78 is 5.71. The maximum atomic E-state index is 12.3. The number of cyclic esters (lactones) is 1. The molecule has 2 aliphatic heterocycles. The van der Waals surface area contributed by atoms with Gasteiger partial charge in [-0.1, -0.05) is 45.9 Å². The molecule has 0 saturated carbocycles.